The molecule has 1 aromatic carbocycles. The van der Waals surface area contributed by atoms with Crippen molar-refractivity contribution in [2.75, 3.05) is 11.4 Å². The fraction of sp³-hybridized carbons (Fsp3) is 0.500. The molecule has 1 aliphatic rings. The molecule has 2 rings (SSSR count). The molecule has 4 nitrogen and oxygen atoms in total. The van der Waals surface area contributed by atoms with Gasteiger partial charge in [0.1, 0.15) is 6.04 Å². The summed E-state index contributed by atoms with van der Waals surface area (Å²) in [6.45, 7) is 4.51. The monoisotopic (exact) mass is 274 g/mol. The van der Waals surface area contributed by atoms with Crippen molar-refractivity contribution >= 4 is 17.5 Å². The Bertz CT molecular complexity index is 482. The summed E-state index contributed by atoms with van der Waals surface area (Å²) in [7, 11) is 0. The minimum absolute atomic E-state index is 0.0124. The van der Waals surface area contributed by atoms with E-state index in [0.29, 0.717) is 19.4 Å². The number of nitrogens with zero attached hydrogens (tertiary/aromatic N) is 1. The molecule has 108 valence electrons. The average molecular weight is 274 g/mol. The Labute approximate surface area is 120 Å². The van der Waals surface area contributed by atoms with E-state index < -0.39 is 6.04 Å². The SMILES string of the molecule is CCCc1ccc(N2CCC(=O)NC(CC)C2=O)cc1. The van der Waals surface area contributed by atoms with E-state index in [4.69, 9.17) is 0 Å². The summed E-state index contributed by atoms with van der Waals surface area (Å²) in [5.74, 6) is -0.0584. The quantitative estimate of drug-likeness (QED) is 0.915. The van der Waals surface area contributed by atoms with Gasteiger partial charge in [0.2, 0.25) is 11.8 Å². The fourth-order valence-electron chi connectivity index (χ4n) is 2.50. The van der Waals surface area contributed by atoms with Crippen LogP contribution in [0.3, 0.4) is 0 Å². The number of amides is 2. The summed E-state index contributed by atoms with van der Waals surface area (Å²) in [6.07, 6.45) is 3.14. The van der Waals surface area contributed by atoms with Crippen molar-refractivity contribution in [2.45, 2.75) is 45.6 Å². The Balaban J connectivity index is 2.20. The molecule has 1 aromatic rings. The number of benzene rings is 1. The Kier molecular flexibility index (Phi) is 4.77. The fourth-order valence-corrected chi connectivity index (χ4v) is 2.50. The lowest BCUT2D eigenvalue weighted by molar-refractivity contribution is -0.125. The van der Waals surface area contributed by atoms with Crippen molar-refractivity contribution in [2.24, 2.45) is 0 Å². The van der Waals surface area contributed by atoms with Gasteiger partial charge in [0.05, 0.1) is 0 Å². The van der Waals surface area contributed by atoms with Gasteiger partial charge < -0.3 is 10.2 Å². The Morgan fingerprint density at radius 1 is 1.20 bits per heavy atom. The van der Waals surface area contributed by atoms with Crippen LogP contribution in [0, 0.1) is 0 Å². The van der Waals surface area contributed by atoms with Crippen molar-refractivity contribution in [3.63, 3.8) is 0 Å². The first-order valence-corrected chi connectivity index (χ1v) is 7.35. The number of hydrogen-bond donors (Lipinski definition) is 1. The van der Waals surface area contributed by atoms with Gasteiger partial charge in [0, 0.05) is 18.7 Å². The van der Waals surface area contributed by atoms with Crippen LogP contribution in [-0.2, 0) is 16.0 Å². The number of carbonyl (C=O) groups excluding carboxylic acids is 2. The van der Waals surface area contributed by atoms with Crippen LogP contribution in [0.15, 0.2) is 24.3 Å². The molecule has 20 heavy (non-hydrogen) atoms. The van der Waals surface area contributed by atoms with Crippen LogP contribution in [0.4, 0.5) is 5.69 Å². The van der Waals surface area contributed by atoms with E-state index in [9.17, 15) is 9.59 Å². The van der Waals surface area contributed by atoms with Crippen LogP contribution in [0.1, 0.15) is 38.7 Å². The summed E-state index contributed by atoms with van der Waals surface area (Å²) in [5, 5.41) is 2.78. The van der Waals surface area contributed by atoms with Gasteiger partial charge in [-0.25, -0.2) is 0 Å². The molecule has 1 atom stereocenters. The second kappa shape index (κ2) is 6.55. The molecular formula is C16H22N2O2. The molecule has 1 fully saturated rings. The van der Waals surface area contributed by atoms with Gasteiger partial charge >= 0.3 is 0 Å². The molecule has 1 N–H and O–H groups in total. The second-order valence-electron chi connectivity index (χ2n) is 5.18. The predicted molar refractivity (Wildman–Crippen MR) is 79.6 cm³/mol. The zero-order chi connectivity index (χ0) is 14.5. The van der Waals surface area contributed by atoms with Crippen LogP contribution in [0.5, 0.6) is 0 Å². The van der Waals surface area contributed by atoms with E-state index in [0.717, 1.165) is 18.5 Å². The lowest BCUT2D eigenvalue weighted by atomic mass is 10.1. The van der Waals surface area contributed by atoms with E-state index >= 15 is 0 Å². The number of hydrogen-bond acceptors (Lipinski definition) is 2. The van der Waals surface area contributed by atoms with Crippen molar-refractivity contribution < 1.29 is 9.59 Å². The van der Waals surface area contributed by atoms with Crippen LogP contribution in [-0.4, -0.2) is 24.4 Å². The van der Waals surface area contributed by atoms with Crippen LogP contribution < -0.4 is 10.2 Å². The van der Waals surface area contributed by atoms with Gasteiger partial charge in [-0.05, 0) is 30.5 Å². The van der Waals surface area contributed by atoms with Crippen LogP contribution >= 0.6 is 0 Å². The standard InChI is InChI=1S/C16H22N2O2/c1-3-5-12-6-8-13(9-7-12)18-11-10-15(19)17-14(4-2)16(18)20/h6-9,14H,3-5,10-11H2,1-2H3,(H,17,19). The van der Waals surface area contributed by atoms with E-state index in [2.05, 4.69) is 24.4 Å². The smallest absolute Gasteiger partial charge is 0.249 e. The van der Waals surface area contributed by atoms with Crippen molar-refractivity contribution in [1.29, 1.82) is 0 Å². The summed E-state index contributed by atoms with van der Waals surface area (Å²) in [4.78, 5) is 25.8. The number of carbonyl (C=O) groups is 2. The normalized spacial score (nSPS) is 19.7. The highest BCUT2D eigenvalue weighted by Gasteiger charge is 2.29. The maximum atomic E-state index is 12.4. The van der Waals surface area contributed by atoms with Crippen LogP contribution in [0.2, 0.25) is 0 Å². The van der Waals surface area contributed by atoms with Gasteiger partial charge in [-0.2, -0.15) is 0 Å². The molecule has 2 amide bonds. The van der Waals surface area contributed by atoms with Gasteiger partial charge in [-0.3, -0.25) is 9.59 Å². The number of nitrogens with one attached hydrogen (secondary N) is 1. The molecule has 0 aliphatic carbocycles. The number of rotatable bonds is 4. The van der Waals surface area contributed by atoms with E-state index in [1.165, 1.54) is 5.56 Å². The maximum Gasteiger partial charge on any atom is 0.249 e. The molecule has 0 radical (unpaired) electrons. The van der Waals surface area contributed by atoms with Gasteiger partial charge in [-0.1, -0.05) is 32.4 Å². The van der Waals surface area contributed by atoms with Crippen molar-refractivity contribution in [3.8, 4) is 0 Å². The van der Waals surface area contributed by atoms with Gasteiger partial charge in [0.25, 0.3) is 0 Å². The van der Waals surface area contributed by atoms with E-state index in [1.54, 1.807) is 4.90 Å². The molecule has 1 saturated heterocycles. The highest BCUT2D eigenvalue weighted by Crippen LogP contribution is 2.19. The first kappa shape index (κ1) is 14.6. The lowest BCUT2D eigenvalue weighted by Crippen LogP contribution is -2.44. The van der Waals surface area contributed by atoms with Crippen molar-refractivity contribution in [3.05, 3.63) is 29.8 Å². The number of anilines is 1. The zero-order valence-corrected chi connectivity index (χ0v) is 12.2. The summed E-state index contributed by atoms with van der Waals surface area (Å²) < 4.78 is 0. The highest BCUT2D eigenvalue weighted by atomic mass is 16.2. The summed E-state index contributed by atoms with van der Waals surface area (Å²) in [6, 6.07) is 7.68. The van der Waals surface area contributed by atoms with Crippen molar-refractivity contribution in [1.82, 2.24) is 5.32 Å². The lowest BCUT2D eigenvalue weighted by Gasteiger charge is -2.23. The maximum absolute atomic E-state index is 12.4. The first-order valence-electron chi connectivity index (χ1n) is 7.35. The van der Waals surface area contributed by atoms with E-state index in [-0.39, 0.29) is 11.8 Å². The highest BCUT2D eigenvalue weighted by molar-refractivity contribution is 6.01. The minimum atomic E-state index is -0.402. The number of aryl methyl sites for hydroxylation is 1. The molecule has 0 spiro atoms. The molecular weight excluding hydrogens is 252 g/mol. The molecule has 1 unspecified atom stereocenters. The third-order valence-electron chi connectivity index (χ3n) is 3.66. The molecule has 0 saturated carbocycles. The summed E-state index contributed by atoms with van der Waals surface area (Å²) >= 11 is 0. The Morgan fingerprint density at radius 2 is 1.90 bits per heavy atom. The molecule has 0 bridgehead atoms. The molecule has 4 heteroatoms. The van der Waals surface area contributed by atoms with Crippen LogP contribution in [0.25, 0.3) is 0 Å². The second-order valence-corrected chi connectivity index (χ2v) is 5.18. The predicted octanol–water partition coefficient (Wildman–Crippen LogP) is 2.27. The van der Waals surface area contributed by atoms with E-state index in [1.807, 2.05) is 19.1 Å². The first-order chi connectivity index (χ1) is 9.65. The average Bonchev–Trinajstić information content (AvgIpc) is 2.60. The Morgan fingerprint density at radius 3 is 2.50 bits per heavy atom. The zero-order valence-electron chi connectivity index (χ0n) is 12.2. The van der Waals surface area contributed by atoms with Gasteiger partial charge in [-0.15, -0.1) is 0 Å². The largest absolute Gasteiger partial charge is 0.344 e. The third-order valence-corrected chi connectivity index (χ3v) is 3.66. The third kappa shape index (κ3) is 3.18. The molecule has 1 heterocycles. The topological polar surface area (TPSA) is 49.4 Å². The van der Waals surface area contributed by atoms with Gasteiger partial charge in [0.15, 0.2) is 0 Å². The minimum Gasteiger partial charge on any atom is -0.344 e. The summed E-state index contributed by atoms with van der Waals surface area (Å²) in [5.41, 5.74) is 2.16. The molecule has 1 aliphatic heterocycles. The molecule has 0 aromatic heterocycles. The Hall–Kier alpha value is -1.84.